The summed E-state index contributed by atoms with van der Waals surface area (Å²) >= 11 is 0. The first-order chi connectivity index (χ1) is 15.3. The molecule has 0 saturated carbocycles. The Morgan fingerprint density at radius 2 is 1.48 bits per heavy atom. The molecule has 0 aliphatic carbocycles. The number of nitrogens with one attached hydrogen (secondary N) is 3. The van der Waals surface area contributed by atoms with E-state index in [4.69, 9.17) is 22.3 Å². The van der Waals surface area contributed by atoms with Crippen LogP contribution in [0.5, 0.6) is 0 Å². The first-order valence-corrected chi connectivity index (χ1v) is 10.5. The van der Waals surface area contributed by atoms with E-state index in [-0.39, 0.29) is 31.3 Å². The largest absolute Gasteiger partial charge is 0.480 e. The minimum Gasteiger partial charge on any atom is -0.480 e. The Labute approximate surface area is 192 Å². The lowest BCUT2D eigenvalue weighted by atomic mass is 10.0. The molecule has 0 aromatic heterocycles. The zero-order valence-electron chi connectivity index (χ0n) is 19.2. The molecule has 0 aliphatic heterocycles. The topological polar surface area (TPSA) is 255 Å². The molecule has 0 radical (unpaired) electrons. The quantitative estimate of drug-likeness (QED) is 0.0636. The Bertz CT molecular complexity index is 696. The maximum Gasteiger partial charge on any atom is 0.328 e. The van der Waals surface area contributed by atoms with Crippen LogP contribution < -0.4 is 33.2 Å². The van der Waals surface area contributed by atoms with Crippen molar-refractivity contribution in [3.05, 3.63) is 0 Å². The molecule has 5 unspecified atom stereocenters. The second kappa shape index (κ2) is 15.0. The maximum absolute atomic E-state index is 12.7. The normalized spacial score (nSPS) is 15.5. The molecule has 0 rings (SSSR count). The Kier molecular flexibility index (Phi) is 13.6. The van der Waals surface area contributed by atoms with Crippen molar-refractivity contribution in [2.24, 2.45) is 28.1 Å². The number of guanidine groups is 1. The Hall–Kier alpha value is -2.97. The van der Waals surface area contributed by atoms with Gasteiger partial charge in [0.1, 0.15) is 12.1 Å². The van der Waals surface area contributed by atoms with Crippen molar-refractivity contribution < 1.29 is 34.5 Å². The molecule has 0 aliphatic rings. The number of carboxylic acids is 1. The first-order valence-electron chi connectivity index (χ1n) is 10.5. The van der Waals surface area contributed by atoms with Gasteiger partial charge >= 0.3 is 5.97 Å². The molecule has 14 nitrogen and oxygen atoms in total. The minimum absolute atomic E-state index is 0.0211. The van der Waals surface area contributed by atoms with Crippen molar-refractivity contribution in [1.29, 1.82) is 0 Å². The highest BCUT2D eigenvalue weighted by atomic mass is 16.4. The zero-order valence-corrected chi connectivity index (χ0v) is 19.2. The predicted octanol–water partition coefficient (Wildman–Crippen LogP) is -3.67. The molecule has 33 heavy (non-hydrogen) atoms. The summed E-state index contributed by atoms with van der Waals surface area (Å²) in [7, 11) is 0. The van der Waals surface area contributed by atoms with Gasteiger partial charge in [-0.15, -0.1) is 0 Å². The van der Waals surface area contributed by atoms with E-state index in [0.717, 1.165) is 0 Å². The summed E-state index contributed by atoms with van der Waals surface area (Å²) in [6, 6.07) is -5.12. The third-order valence-electron chi connectivity index (χ3n) is 4.51. The van der Waals surface area contributed by atoms with Crippen LogP contribution in [0.1, 0.15) is 40.0 Å². The second-order valence-electron chi connectivity index (χ2n) is 8.05. The minimum atomic E-state index is -1.63. The highest BCUT2D eigenvalue weighted by Crippen LogP contribution is 2.07. The number of hydrogen-bond acceptors (Lipinski definition) is 8. The van der Waals surface area contributed by atoms with E-state index >= 15 is 0 Å². The summed E-state index contributed by atoms with van der Waals surface area (Å²) in [5.74, 6) is -3.95. The molecule has 0 heterocycles. The van der Waals surface area contributed by atoms with Gasteiger partial charge < -0.3 is 48.5 Å². The molecule has 0 bridgehead atoms. The number of carbonyl (C=O) groups excluding carboxylic acids is 3. The number of aliphatic imine (C=N–C) groups is 1. The smallest absolute Gasteiger partial charge is 0.328 e. The fourth-order valence-electron chi connectivity index (χ4n) is 2.74. The number of amides is 3. The van der Waals surface area contributed by atoms with Crippen LogP contribution >= 0.6 is 0 Å². The molecule has 0 saturated heterocycles. The van der Waals surface area contributed by atoms with Gasteiger partial charge in [-0.25, -0.2) is 4.79 Å². The number of nitrogens with two attached hydrogens (primary N) is 3. The highest BCUT2D eigenvalue weighted by Gasteiger charge is 2.31. The lowest BCUT2D eigenvalue weighted by Gasteiger charge is -2.25. The van der Waals surface area contributed by atoms with Gasteiger partial charge in [0, 0.05) is 6.54 Å². The summed E-state index contributed by atoms with van der Waals surface area (Å²) in [6.07, 6.45) is -0.503. The first kappa shape index (κ1) is 30.0. The summed E-state index contributed by atoms with van der Waals surface area (Å²) in [5.41, 5.74) is 16.3. The molecular formula is C19H37N7O7. The van der Waals surface area contributed by atoms with Gasteiger partial charge in [0.05, 0.1) is 18.8 Å². The van der Waals surface area contributed by atoms with E-state index in [1.165, 1.54) is 6.92 Å². The van der Waals surface area contributed by atoms with Crippen LogP contribution in [0.25, 0.3) is 0 Å². The zero-order chi connectivity index (χ0) is 25.7. The van der Waals surface area contributed by atoms with E-state index in [0.29, 0.717) is 6.42 Å². The number of aliphatic hydroxyl groups is 2. The number of carboxylic acid groups (broad SMARTS) is 1. The van der Waals surface area contributed by atoms with Crippen molar-refractivity contribution in [1.82, 2.24) is 16.0 Å². The summed E-state index contributed by atoms with van der Waals surface area (Å²) in [6.45, 7) is 4.25. The van der Waals surface area contributed by atoms with Crippen LogP contribution in [0.3, 0.4) is 0 Å². The van der Waals surface area contributed by atoms with Crippen LogP contribution in [0, 0.1) is 5.92 Å². The third-order valence-corrected chi connectivity index (χ3v) is 4.51. The van der Waals surface area contributed by atoms with Crippen LogP contribution in [0.4, 0.5) is 0 Å². The van der Waals surface area contributed by atoms with Gasteiger partial charge in [-0.05, 0) is 32.1 Å². The fourth-order valence-corrected chi connectivity index (χ4v) is 2.74. The average molecular weight is 476 g/mol. The molecule has 190 valence electrons. The molecular weight excluding hydrogens is 438 g/mol. The van der Waals surface area contributed by atoms with Crippen molar-refractivity contribution >= 4 is 29.7 Å². The standard InChI is InChI=1S/C19H37N7O7/c1-9(2)7-12(24-15(29)11(20)5-4-6-23-19(21)22)16(30)25-13(8-27)17(31)26-14(10(3)28)18(32)33/h9-14,27-28H,4-8,20H2,1-3H3,(H,24,29)(H,25,30)(H,26,31)(H,32,33)(H4,21,22,23). The molecule has 12 N–H and O–H groups in total. The van der Waals surface area contributed by atoms with Crippen molar-refractivity contribution in [3.63, 3.8) is 0 Å². The van der Waals surface area contributed by atoms with E-state index in [1.807, 2.05) is 19.2 Å². The van der Waals surface area contributed by atoms with Gasteiger partial charge in [-0.1, -0.05) is 13.8 Å². The van der Waals surface area contributed by atoms with E-state index in [1.54, 1.807) is 0 Å². The van der Waals surface area contributed by atoms with Gasteiger partial charge in [0.2, 0.25) is 17.7 Å². The summed E-state index contributed by atoms with van der Waals surface area (Å²) < 4.78 is 0. The number of carbonyl (C=O) groups is 4. The number of nitrogens with zero attached hydrogens (tertiary/aromatic N) is 1. The number of aliphatic hydroxyl groups excluding tert-OH is 2. The fraction of sp³-hybridized carbons (Fsp3) is 0.737. The molecule has 5 atom stereocenters. The van der Waals surface area contributed by atoms with Gasteiger partial charge in [0.15, 0.2) is 12.0 Å². The lowest BCUT2D eigenvalue weighted by Crippen LogP contribution is -2.59. The lowest BCUT2D eigenvalue weighted by molar-refractivity contribution is -0.145. The Balaban J connectivity index is 5.14. The third kappa shape index (κ3) is 12.0. The van der Waals surface area contributed by atoms with Crippen LogP contribution in [0.15, 0.2) is 4.99 Å². The summed E-state index contributed by atoms with van der Waals surface area (Å²) in [5, 5.41) is 34.9. The number of hydrogen-bond donors (Lipinski definition) is 9. The van der Waals surface area contributed by atoms with E-state index in [2.05, 4.69) is 15.6 Å². The summed E-state index contributed by atoms with van der Waals surface area (Å²) in [4.78, 5) is 52.4. The van der Waals surface area contributed by atoms with Crippen molar-refractivity contribution in [2.45, 2.75) is 70.3 Å². The molecule has 0 fully saturated rings. The van der Waals surface area contributed by atoms with Crippen LogP contribution in [0.2, 0.25) is 0 Å². The molecule has 0 spiro atoms. The molecule has 14 heteroatoms. The van der Waals surface area contributed by atoms with Crippen LogP contribution in [-0.2, 0) is 19.2 Å². The average Bonchev–Trinajstić information content (AvgIpc) is 2.71. The number of aliphatic carboxylic acids is 1. The monoisotopic (exact) mass is 475 g/mol. The van der Waals surface area contributed by atoms with Crippen molar-refractivity contribution in [2.75, 3.05) is 13.2 Å². The SMILES string of the molecule is CC(C)CC(NC(=O)C(N)CCCN=C(N)N)C(=O)NC(CO)C(=O)NC(C(=O)O)C(C)O. The second-order valence-corrected chi connectivity index (χ2v) is 8.05. The van der Waals surface area contributed by atoms with Gasteiger partial charge in [-0.3, -0.25) is 19.4 Å². The predicted molar refractivity (Wildman–Crippen MR) is 120 cm³/mol. The van der Waals surface area contributed by atoms with Gasteiger partial charge in [0.25, 0.3) is 0 Å². The van der Waals surface area contributed by atoms with Gasteiger partial charge in [-0.2, -0.15) is 0 Å². The maximum atomic E-state index is 12.7. The number of rotatable bonds is 15. The van der Waals surface area contributed by atoms with Crippen LogP contribution in [-0.4, -0.2) is 88.4 Å². The van der Waals surface area contributed by atoms with E-state index < -0.39 is 60.6 Å². The molecule has 0 aromatic rings. The molecule has 3 amide bonds. The Morgan fingerprint density at radius 1 is 0.939 bits per heavy atom. The van der Waals surface area contributed by atoms with Crippen molar-refractivity contribution in [3.8, 4) is 0 Å². The Morgan fingerprint density at radius 3 is 1.94 bits per heavy atom. The highest BCUT2D eigenvalue weighted by molar-refractivity contribution is 5.94. The van der Waals surface area contributed by atoms with E-state index in [9.17, 15) is 29.4 Å². The molecule has 0 aromatic carbocycles.